The van der Waals surface area contributed by atoms with E-state index in [0.29, 0.717) is 33.4 Å². The highest BCUT2D eigenvalue weighted by molar-refractivity contribution is 6.30. The summed E-state index contributed by atoms with van der Waals surface area (Å²) >= 11 is 5.91. The third-order valence-electron chi connectivity index (χ3n) is 4.40. The predicted octanol–water partition coefficient (Wildman–Crippen LogP) is 5.41. The molecule has 0 bridgehead atoms. The minimum absolute atomic E-state index is 0.244. The summed E-state index contributed by atoms with van der Waals surface area (Å²) in [5.74, 6) is 1.11. The highest BCUT2D eigenvalue weighted by Crippen LogP contribution is 2.30. The van der Waals surface area contributed by atoms with Gasteiger partial charge in [-0.05, 0) is 53.6 Å². The number of carbonyl (C=O) groups excluding carboxylic acids is 1. The van der Waals surface area contributed by atoms with Crippen LogP contribution in [0, 0.1) is 11.3 Å². The molecule has 0 aliphatic heterocycles. The quantitative estimate of drug-likeness (QED) is 0.198. The zero-order valence-electron chi connectivity index (χ0n) is 17.5. The number of nitrogens with zero attached hydrogens (tertiary/aromatic N) is 1. The molecule has 0 radical (unpaired) electrons. The first-order chi connectivity index (χ1) is 15.5. The average Bonchev–Trinajstić information content (AvgIpc) is 2.82. The molecule has 6 nitrogen and oxygen atoms in total. The molecule has 0 heterocycles. The summed E-state index contributed by atoms with van der Waals surface area (Å²) in [6.07, 6.45) is 1.71. The smallest absolute Gasteiger partial charge is 0.349 e. The number of methoxy groups -OCH3 is 2. The van der Waals surface area contributed by atoms with E-state index in [2.05, 4.69) is 6.07 Å². The Hall–Kier alpha value is -3.95. The summed E-state index contributed by atoms with van der Waals surface area (Å²) in [6.45, 7) is -0.285. The van der Waals surface area contributed by atoms with Crippen molar-refractivity contribution in [1.29, 1.82) is 5.26 Å². The summed E-state index contributed by atoms with van der Waals surface area (Å²) in [5.41, 5.74) is 1.90. The van der Waals surface area contributed by atoms with Crippen LogP contribution in [-0.4, -0.2) is 26.8 Å². The molecule has 3 aromatic carbocycles. The van der Waals surface area contributed by atoms with Gasteiger partial charge in [0.15, 0.2) is 18.1 Å². The van der Waals surface area contributed by atoms with Gasteiger partial charge >= 0.3 is 5.97 Å². The third-order valence-corrected chi connectivity index (χ3v) is 4.65. The van der Waals surface area contributed by atoms with Crippen LogP contribution in [0.1, 0.15) is 11.1 Å². The van der Waals surface area contributed by atoms with E-state index in [0.717, 1.165) is 5.56 Å². The summed E-state index contributed by atoms with van der Waals surface area (Å²) in [4.78, 5) is 12.2. The number of ether oxygens (including phenoxy) is 4. The molecule has 0 atom stereocenters. The minimum Gasteiger partial charge on any atom is -0.497 e. The molecule has 3 aromatic rings. The Bertz CT molecular complexity index is 1170. The lowest BCUT2D eigenvalue weighted by molar-refractivity contribution is -0.136. The molecule has 0 N–H and O–H groups in total. The molecule has 0 fully saturated rings. The van der Waals surface area contributed by atoms with Crippen LogP contribution in [-0.2, 0) is 4.79 Å². The Morgan fingerprint density at radius 1 is 0.969 bits per heavy atom. The van der Waals surface area contributed by atoms with E-state index in [1.165, 1.54) is 7.11 Å². The summed E-state index contributed by atoms with van der Waals surface area (Å²) in [5, 5.41) is 10.1. The summed E-state index contributed by atoms with van der Waals surface area (Å²) in [6, 6.07) is 21.1. The van der Waals surface area contributed by atoms with Crippen LogP contribution in [0.3, 0.4) is 0 Å². The molecule has 7 heteroatoms. The number of allylic oxidation sites excluding steroid dienone is 1. The normalized spacial score (nSPS) is 10.8. The van der Waals surface area contributed by atoms with Crippen molar-refractivity contribution in [2.75, 3.05) is 20.8 Å². The SMILES string of the molecule is COc1cccc(OCC(=O)Oc2ccc(/C=C(/C#N)c3ccc(Cl)cc3)cc2OC)c1. The maximum Gasteiger partial charge on any atom is 0.349 e. The molecule has 3 rings (SSSR count). The Labute approximate surface area is 191 Å². The van der Waals surface area contributed by atoms with Crippen molar-refractivity contribution in [2.24, 2.45) is 0 Å². The molecule has 0 aliphatic carbocycles. The second-order valence-corrected chi connectivity index (χ2v) is 6.97. The fourth-order valence-corrected chi connectivity index (χ4v) is 2.95. The first-order valence-corrected chi connectivity index (χ1v) is 9.93. The van der Waals surface area contributed by atoms with Crippen LogP contribution in [0.2, 0.25) is 5.02 Å². The van der Waals surface area contributed by atoms with Gasteiger partial charge in [-0.1, -0.05) is 35.9 Å². The Balaban J connectivity index is 1.71. The van der Waals surface area contributed by atoms with Gasteiger partial charge in [0.2, 0.25) is 0 Å². The molecular formula is C25H20ClNO5. The van der Waals surface area contributed by atoms with Gasteiger partial charge in [-0.2, -0.15) is 5.26 Å². The largest absolute Gasteiger partial charge is 0.497 e. The number of carbonyl (C=O) groups is 1. The number of benzene rings is 3. The standard InChI is InChI=1S/C25H20ClNO5/c1-29-21-4-3-5-22(14-21)31-16-25(28)32-23-11-6-17(13-24(23)30-2)12-19(15-27)18-7-9-20(26)10-8-18/h3-14H,16H2,1-2H3/b19-12-. The predicted molar refractivity (Wildman–Crippen MR) is 122 cm³/mol. The molecule has 0 spiro atoms. The van der Waals surface area contributed by atoms with Gasteiger partial charge in [-0.3, -0.25) is 0 Å². The van der Waals surface area contributed by atoms with Gasteiger partial charge in [0, 0.05) is 11.1 Å². The van der Waals surface area contributed by atoms with E-state index >= 15 is 0 Å². The van der Waals surface area contributed by atoms with Crippen LogP contribution < -0.4 is 18.9 Å². The summed E-state index contributed by atoms with van der Waals surface area (Å²) in [7, 11) is 3.02. The number of halogens is 1. The maximum absolute atomic E-state index is 12.2. The first-order valence-electron chi connectivity index (χ1n) is 9.55. The molecule has 0 amide bonds. The van der Waals surface area contributed by atoms with Crippen molar-refractivity contribution in [3.8, 4) is 29.1 Å². The lowest BCUT2D eigenvalue weighted by atomic mass is 10.0. The van der Waals surface area contributed by atoms with Crippen LogP contribution >= 0.6 is 11.6 Å². The van der Waals surface area contributed by atoms with Crippen LogP contribution in [0.5, 0.6) is 23.0 Å². The van der Waals surface area contributed by atoms with E-state index in [1.54, 1.807) is 79.9 Å². The number of hydrogen-bond donors (Lipinski definition) is 0. The van der Waals surface area contributed by atoms with Gasteiger partial charge in [-0.15, -0.1) is 0 Å². The van der Waals surface area contributed by atoms with Gasteiger partial charge in [0.1, 0.15) is 11.5 Å². The fraction of sp³-hybridized carbons (Fsp3) is 0.120. The second kappa shape index (κ2) is 10.9. The molecule has 162 valence electrons. The summed E-state index contributed by atoms with van der Waals surface area (Å²) < 4.78 is 21.3. The number of esters is 1. The van der Waals surface area contributed by atoms with Crippen molar-refractivity contribution >= 4 is 29.2 Å². The highest BCUT2D eigenvalue weighted by Gasteiger charge is 2.12. The lowest BCUT2D eigenvalue weighted by Gasteiger charge is -2.11. The molecule has 0 saturated carbocycles. The van der Waals surface area contributed by atoms with Crippen molar-refractivity contribution in [3.63, 3.8) is 0 Å². The van der Waals surface area contributed by atoms with E-state index < -0.39 is 5.97 Å². The Morgan fingerprint density at radius 2 is 1.72 bits per heavy atom. The molecular weight excluding hydrogens is 430 g/mol. The average molecular weight is 450 g/mol. The molecule has 0 unspecified atom stereocenters. The van der Waals surface area contributed by atoms with E-state index in [-0.39, 0.29) is 12.4 Å². The first kappa shape index (κ1) is 22.7. The third kappa shape index (κ3) is 6.03. The number of hydrogen-bond acceptors (Lipinski definition) is 6. The molecule has 32 heavy (non-hydrogen) atoms. The number of rotatable bonds is 8. The van der Waals surface area contributed by atoms with Crippen molar-refractivity contribution < 1.29 is 23.7 Å². The second-order valence-electron chi connectivity index (χ2n) is 6.53. The maximum atomic E-state index is 12.2. The van der Waals surface area contributed by atoms with Crippen LogP contribution in [0.15, 0.2) is 66.7 Å². The number of nitriles is 1. The van der Waals surface area contributed by atoms with Crippen molar-refractivity contribution in [2.45, 2.75) is 0 Å². The lowest BCUT2D eigenvalue weighted by Crippen LogP contribution is -2.18. The molecule has 0 saturated heterocycles. The Morgan fingerprint density at radius 3 is 2.41 bits per heavy atom. The minimum atomic E-state index is -0.590. The van der Waals surface area contributed by atoms with Gasteiger partial charge in [-0.25, -0.2) is 4.79 Å². The molecule has 0 aliphatic rings. The van der Waals surface area contributed by atoms with E-state index in [1.807, 2.05) is 0 Å². The van der Waals surface area contributed by atoms with E-state index in [4.69, 9.17) is 30.5 Å². The van der Waals surface area contributed by atoms with Gasteiger partial charge < -0.3 is 18.9 Å². The zero-order chi connectivity index (χ0) is 22.9. The van der Waals surface area contributed by atoms with Gasteiger partial charge in [0.05, 0.1) is 25.9 Å². The Kier molecular flexibility index (Phi) is 7.74. The topological polar surface area (TPSA) is 77.8 Å². The highest BCUT2D eigenvalue weighted by atomic mass is 35.5. The van der Waals surface area contributed by atoms with Crippen LogP contribution in [0.25, 0.3) is 11.6 Å². The van der Waals surface area contributed by atoms with Crippen molar-refractivity contribution in [3.05, 3.63) is 82.9 Å². The monoisotopic (exact) mass is 449 g/mol. The van der Waals surface area contributed by atoms with Gasteiger partial charge in [0.25, 0.3) is 0 Å². The molecule has 0 aromatic heterocycles. The van der Waals surface area contributed by atoms with Crippen LogP contribution in [0.4, 0.5) is 0 Å². The van der Waals surface area contributed by atoms with E-state index in [9.17, 15) is 10.1 Å². The zero-order valence-corrected chi connectivity index (χ0v) is 18.3. The fourth-order valence-electron chi connectivity index (χ4n) is 2.82. The van der Waals surface area contributed by atoms with Crippen molar-refractivity contribution in [1.82, 2.24) is 0 Å².